The average Bonchev–Trinajstić information content (AvgIpc) is 2.65. The molecule has 0 bridgehead atoms. The fourth-order valence-corrected chi connectivity index (χ4v) is 1.04. The number of nitrogens with one attached hydrogen (secondary N) is 1. The predicted molar refractivity (Wildman–Crippen MR) is 47.9 cm³/mol. The minimum Gasteiger partial charge on any atom is -0.396 e. The minimum absolute atomic E-state index is 0.0321. The van der Waals surface area contributed by atoms with Crippen molar-refractivity contribution in [2.45, 2.75) is 18.6 Å². The lowest BCUT2D eigenvalue weighted by Gasteiger charge is -2.12. The van der Waals surface area contributed by atoms with Gasteiger partial charge in [-0.15, -0.1) is 0 Å². The number of aromatic amines is 1. The first-order chi connectivity index (χ1) is 7.06. The highest BCUT2D eigenvalue weighted by Gasteiger charge is 2.24. The van der Waals surface area contributed by atoms with Gasteiger partial charge >= 0.3 is 5.82 Å². The van der Waals surface area contributed by atoms with Crippen LogP contribution in [0.2, 0.25) is 0 Å². The number of nitrogens with zero attached hydrogens (tertiary/aromatic N) is 2. The van der Waals surface area contributed by atoms with E-state index in [1.165, 1.54) is 0 Å². The van der Waals surface area contributed by atoms with Crippen molar-refractivity contribution in [3.8, 4) is 0 Å². The molecule has 4 N–H and O–H groups in total. The molecule has 0 amide bonds. The van der Waals surface area contributed by atoms with E-state index in [1.54, 1.807) is 0 Å². The van der Waals surface area contributed by atoms with Crippen LogP contribution < -0.4 is 0 Å². The molecule has 0 aromatic carbocycles. The van der Waals surface area contributed by atoms with Crippen molar-refractivity contribution < 1.29 is 20.2 Å². The predicted octanol–water partition coefficient (Wildman–Crippen LogP) is -0.905. The molecule has 8 heteroatoms. The third-order valence-corrected chi connectivity index (χ3v) is 1.85. The zero-order chi connectivity index (χ0) is 11.4. The van der Waals surface area contributed by atoms with E-state index in [0.717, 1.165) is 6.20 Å². The summed E-state index contributed by atoms with van der Waals surface area (Å²) < 4.78 is 0. The molecule has 1 rings (SSSR count). The molecule has 0 aliphatic rings. The Morgan fingerprint density at radius 2 is 2.27 bits per heavy atom. The van der Waals surface area contributed by atoms with Crippen molar-refractivity contribution in [1.82, 2.24) is 9.97 Å². The molecule has 0 fully saturated rings. The summed E-state index contributed by atoms with van der Waals surface area (Å²) in [5.41, 5.74) is 0. The number of hydrogen-bond acceptors (Lipinski definition) is 6. The summed E-state index contributed by atoms with van der Waals surface area (Å²) in [6.45, 7) is -0.291. The van der Waals surface area contributed by atoms with E-state index in [9.17, 15) is 20.3 Å². The number of aliphatic hydroxyl groups is 3. The van der Waals surface area contributed by atoms with Gasteiger partial charge in [-0.2, -0.15) is 0 Å². The first-order valence-electron chi connectivity index (χ1n) is 4.22. The van der Waals surface area contributed by atoms with Gasteiger partial charge in [0.1, 0.15) is 6.20 Å². The number of rotatable bonds is 5. The van der Waals surface area contributed by atoms with Crippen molar-refractivity contribution in [3.63, 3.8) is 0 Å². The van der Waals surface area contributed by atoms with E-state index in [0.29, 0.717) is 0 Å². The Bertz CT molecular complexity index is 339. The molecule has 0 aliphatic carbocycles. The Morgan fingerprint density at radius 1 is 1.60 bits per heavy atom. The van der Waals surface area contributed by atoms with Crippen LogP contribution in [0.1, 0.15) is 18.3 Å². The van der Waals surface area contributed by atoms with Crippen LogP contribution >= 0.6 is 0 Å². The lowest BCUT2D eigenvalue weighted by Crippen LogP contribution is -2.20. The summed E-state index contributed by atoms with van der Waals surface area (Å²) in [5, 5.41) is 37.5. The van der Waals surface area contributed by atoms with Crippen molar-refractivity contribution in [3.05, 3.63) is 22.1 Å². The molecule has 8 nitrogen and oxygen atoms in total. The fraction of sp³-hybridized carbons (Fsp3) is 0.571. The van der Waals surface area contributed by atoms with Gasteiger partial charge in [0.15, 0.2) is 6.10 Å². The second-order valence-electron chi connectivity index (χ2n) is 2.94. The lowest BCUT2D eigenvalue weighted by molar-refractivity contribution is -0.389. The molecular weight excluding hydrogens is 206 g/mol. The monoisotopic (exact) mass is 217 g/mol. The molecule has 0 saturated heterocycles. The molecule has 84 valence electrons. The van der Waals surface area contributed by atoms with Gasteiger partial charge in [-0.3, -0.25) is 0 Å². The van der Waals surface area contributed by atoms with E-state index >= 15 is 0 Å². The van der Waals surface area contributed by atoms with E-state index in [2.05, 4.69) is 9.97 Å². The van der Waals surface area contributed by atoms with Gasteiger partial charge in [0, 0.05) is 6.61 Å². The summed E-state index contributed by atoms with van der Waals surface area (Å²) in [4.78, 5) is 15.4. The van der Waals surface area contributed by atoms with Gasteiger partial charge in [0.2, 0.25) is 5.82 Å². The second-order valence-corrected chi connectivity index (χ2v) is 2.94. The maximum atomic E-state index is 10.3. The van der Waals surface area contributed by atoms with Crippen LogP contribution in [-0.4, -0.2) is 42.9 Å². The molecule has 0 aliphatic heterocycles. The summed E-state index contributed by atoms with van der Waals surface area (Å²) in [7, 11) is 0. The third-order valence-electron chi connectivity index (χ3n) is 1.85. The smallest absolute Gasteiger partial charge is 0.340 e. The Balaban J connectivity index is 2.73. The van der Waals surface area contributed by atoms with Gasteiger partial charge in [-0.1, -0.05) is 0 Å². The molecule has 0 spiro atoms. The lowest BCUT2D eigenvalue weighted by atomic mass is 10.1. The highest BCUT2D eigenvalue weighted by Crippen LogP contribution is 2.18. The van der Waals surface area contributed by atoms with Crippen molar-refractivity contribution in [2.75, 3.05) is 6.61 Å². The number of aromatic nitrogens is 2. The zero-order valence-corrected chi connectivity index (χ0v) is 7.70. The highest BCUT2D eigenvalue weighted by molar-refractivity contribution is 5.16. The van der Waals surface area contributed by atoms with Gasteiger partial charge in [0.25, 0.3) is 0 Å². The molecular formula is C7H11N3O5. The van der Waals surface area contributed by atoms with Crippen molar-refractivity contribution in [1.29, 1.82) is 0 Å². The second kappa shape index (κ2) is 4.82. The van der Waals surface area contributed by atoms with Crippen LogP contribution in [0.5, 0.6) is 0 Å². The largest absolute Gasteiger partial charge is 0.396 e. The summed E-state index contributed by atoms with van der Waals surface area (Å²) >= 11 is 0. The molecule has 0 saturated carbocycles. The van der Waals surface area contributed by atoms with Gasteiger partial charge in [-0.05, 0) is 11.3 Å². The van der Waals surface area contributed by atoms with E-state index in [1.807, 2.05) is 0 Å². The van der Waals surface area contributed by atoms with E-state index < -0.39 is 17.1 Å². The number of aliphatic hydroxyl groups excluding tert-OH is 3. The van der Waals surface area contributed by atoms with Crippen LogP contribution in [0.25, 0.3) is 0 Å². The van der Waals surface area contributed by atoms with Gasteiger partial charge < -0.3 is 25.4 Å². The molecule has 15 heavy (non-hydrogen) atoms. The first-order valence-corrected chi connectivity index (χ1v) is 4.22. The normalized spacial score (nSPS) is 14.9. The number of H-pyrrole nitrogens is 1. The molecule has 2 unspecified atom stereocenters. The Morgan fingerprint density at radius 3 is 2.73 bits per heavy atom. The minimum atomic E-state index is -1.37. The van der Waals surface area contributed by atoms with Crippen LogP contribution in [-0.2, 0) is 0 Å². The van der Waals surface area contributed by atoms with Crippen LogP contribution in [0.4, 0.5) is 5.82 Å². The summed E-state index contributed by atoms with van der Waals surface area (Å²) in [6.07, 6.45) is -1.66. The maximum absolute atomic E-state index is 10.3. The zero-order valence-electron chi connectivity index (χ0n) is 7.70. The Kier molecular flexibility index (Phi) is 3.72. The summed E-state index contributed by atoms with van der Waals surface area (Å²) in [6, 6.07) is 0. The molecule has 2 atom stereocenters. The first kappa shape index (κ1) is 11.6. The number of hydrogen-bond donors (Lipinski definition) is 4. The van der Waals surface area contributed by atoms with Gasteiger partial charge in [0.05, 0.1) is 6.10 Å². The third kappa shape index (κ3) is 2.72. The number of nitro groups is 1. The molecule has 1 aromatic rings. The standard InChI is InChI=1S/C7H11N3O5/c11-2-1-4(12)6(13)7-8-3-5(9-7)10(14)15/h3-4,6,11-13H,1-2H2,(H,8,9). The van der Waals surface area contributed by atoms with Crippen LogP contribution in [0.3, 0.4) is 0 Å². The highest BCUT2D eigenvalue weighted by atomic mass is 16.6. The number of imidazole rings is 1. The Labute approximate surface area is 84.4 Å². The van der Waals surface area contributed by atoms with Crippen LogP contribution in [0, 0.1) is 10.1 Å². The molecule has 1 aromatic heterocycles. The maximum Gasteiger partial charge on any atom is 0.340 e. The average molecular weight is 217 g/mol. The van der Waals surface area contributed by atoms with Crippen molar-refractivity contribution in [2.24, 2.45) is 0 Å². The van der Waals surface area contributed by atoms with E-state index in [4.69, 9.17) is 5.11 Å². The van der Waals surface area contributed by atoms with Gasteiger partial charge in [-0.25, -0.2) is 9.97 Å². The fourth-order valence-electron chi connectivity index (χ4n) is 1.04. The Hall–Kier alpha value is -1.51. The SMILES string of the molecule is O=[N+]([O-])c1cnc(C(O)C(O)CCO)[nH]1. The summed E-state index contributed by atoms with van der Waals surface area (Å²) in [5.74, 6) is -0.456. The quantitative estimate of drug-likeness (QED) is 0.373. The molecule has 0 radical (unpaired) electrons. The van der Waals surface area contributed by atoms with Crippen LogP contribution in [0.15, 0.2) is 6.20 Å². The topological polar surface area (TPSA) is 133 Å². The van der Waals surface area contributed by atoms with E-state index in [-0.39, 0.29) is 24.7 Å². The van der Waals surface area contributed by atoms with Crippen molar-refractivity contribution >= 4 is 5.82 Å². The molecule has 1 heterocycles.